The molecule has 1 aromatic rings. The molecular formula is C17H27NO2. The van der Waals surface area contributed by atoms with E-state index < -0.39 is 0 Å². The highest BCUT2D eigenvalue weighted by Gasteiger charge is 2.20. The Morgan fingerprint density at radius 1 is 1.30 bits per heavy atom. The Bertz CT molecular complexity index is 419. The van der Waals surface area contributed by atoms with Gasteiger partial charge in [0.15, 0.2) is 11.5 Å². The van der Waals surface area contributed by atoms with E-state index >= 15 is 0 Å². The average molecular weight is 277 g/mol. The van der Waals surface area contributed by atoms with Gasteiger partial charge in [-0.1, -0.05) is 32.3 Å². The average Bonchev–Trinajstić information content (AvgIpc) is 2.48. The summed E-state index contributed by atoms with van der Waals surface area (Å²) in [5, 5.41) is 13.4. The van der Waals surface area contributed by atoms with Gasteiger partial charge in [0.05, 0.1) is 6.61 Å². The predicted octanol–water partition coefficient (Wildman–Crippen LogP) is 3.85. The predicted molar refractivity (Wildman–Crippen MR) is 82.2 cm³/mol. The second kappa shape index (κ2) is 7.53. The fraction of sp³-hybridized carbons (Fsp3) is 0.647. The highest BCUT2D eigenvalue weighted by atomic mass is 16.5. The molecule has 0 heterocycles. The van der Waals surface area contributed by atoms with Crippen molar-refractivity contribution in [3.8, 4) is 11.5 Å². The van der Waals surface area contributed by atoms with Gasteiger partial charge in [-0.2, -0.15) is 0 Å². The summed E-state index contributed by atoms with van der Waals surface area (Å²) in [4.78, 5) is 0. The van der Waals surface area contributed by atoms with Crippen molar-refractivity contribution in [1.82, 2.24) is 5.32 Å². The third-order valence-corrected chi connectivity index (χ3v) is 4.28. The highest BCUT2D eigenvalue weighted by molar-refractivity contribution is 5.41. The molecule has 20 heavy (non-hydrogen) atoms. The molecule has 0 saturated heterocycles. The Balaban J connectivity index is 1.88. The van der Waals surface area contributed by atoms with E-state index in [0.717, 1.165) is 12.5 Å². The smallest absolute Gasteiger partial charge is 0.161 e. The molecule has 2 atom stereocenters. The minimum atomic E-state index is 0.222. The lowest BCUT2D eigenvalue weighted by atomic mass is 9.84. The molecule has 0 spiro atoms. The lowest BCUT2D eigenvalue weighted by Gasteiger charge is -2.29. The largest absolute Gasteiger partial charge is 0.504 e. The molecule has 1 saturated carbocycles. The number of benzene rings is 1. The maximum absolute atomic E-state index is 9.70. The molecular weight excluding hydrogens is 250 g/mol. The second-order valence-electron chi connectivity index (χ2n) is 5.75. The van der Waals surface area contributed by atoms with Gasteiger partial charge in [-0.05, 0) is 43.4 Å². The first-order chi connectivity index (χ1) is 9.72. The standard InChI is InChI=1S/C17H27NO2/c1-3-13-6-5-7-15(10-13)18-12-14-8-9-16(19)17(11-14)20-4-2/h8-9,11,13,15,18-19H,3-7,10,12H2,1-2H3. The molecule has 0 bridgehead atoms. The molecule has 2 unspecified atom stereocenters. The van der Waals surface area contributed by atoms with E-state index in [4.69, 9.17) is 4.74 Å². The minimum Gasteiger partial charge on any atom is -0.504 e. The molecule has 1 fully saturated rings. The summed E-state index contributed by atoms with van der Waals surface area (Å²) in [6.07, 6.45) is 6.62. The zero-order valence-corrected chi connectivity index (χ0v) is 12.7. The first kappa shape index (κ1) is 15.2. The van der Waals surface area contributed by atoms with E-state index in [1.165, 1.54) is 37.7 Å². The molecule has 0 aromatic heterocycles. The van der Waals surface area contributed by atoms with Crippen LogP contribution in [0.2, 0.25) is 0 Å². The van der Waals surface area contributed by atoms with Gasteiger partial charge in [-0.25, -0.2) is 0 Å². The molecule has 0 aliphatic heterocycles. The summed E-state index contributed by atoms with van der Waals surface area (Å²) in [6, 6.07) is 6.26. The van der Waals surface area contributed by atoms with Gasteiger partial charge in [0.2, 0.25) is 0 Å². The first-order valence-electron chi connectivity index (χ1n) is 7.91. The van der Waals surface area contributed by atoms with Gasteiger partial charge in [-0.15, -0.1) is 0 Å². The SMILES string of the molecule is CCOc1cc(CNC2CCCC(CC)C2)ccc1O. The van der Waals surface area contributed by atoms with Crippen LogP contribution in [0.15, 0.2) is 18.2 Å². The van der Waals surface area contributed by atoms with E-state index in [2.05, 4.69) is 12.2 Å². The van der Waals surface area contributed by atoms with Crippen LogP contribution >= 0.6 is 0 Å². The highest BCUT2D eigenvalue weighted by Crippen LogP contribution is 2.28. The third kappa shape index (κ3) is 4.14. The molecule has 3 heteroatoms. The Hall–Kier alpha value is -1.22. The van der Waals surface area contributed by atoms with Crippen LogP contribution in [0.5, 0.6) is 11.5 Å². The Kier molecular flexibility index (Phi) is 5.72. The lowest BCUT2D eigenvalue weighted by molar-refractivity contribution is 0.278. The van der Waals surface area contributed by atoms with Crippen molar-refractivity contribution in [2.45, 2.75) is 58.5 Å². The first-order valence-corrected chi connectivity index (χ1v) is 7.91. The number of rotatable bonds is 6. The third-order valence-electron chi connectivity index (χ3n) is 4.28. The lowest BCUT2D eigenvalue weighted by Crippen LogP contribution is -2.33. The maximum Gasteiger partial charge on any atom is 0.161 e. The summed E-state index contributed by atoms with van der Waals surface area (Å²) >= 11 is 0. The zero-order chi connectivity index (χ0) is 14.4. The fourth-order valence-electron chi connectivity index (χ4n) is 3.05. The summed E-state index contributed by atoms with van der Waals surface area (Å²) in [5.41, 5.74) is 1.17. The van der Waals surface area contributed by atoms with Crippen LogP contribution in [0, 0.1) is 5.92 Å². The van der Waals surface area contributed by atoms with Crippen LogP contribution in [-0.2, 0) is 6.54 Å². The molecule has 2 N–H and O–H groups in total. The van der Waals surface area contributed by atoms with Crippen molar-refractivity contribution in [3.05, 3.63) is 23.8 Å². The van der Waals surface area contributed by atoms with Gasteiger partial charge >= 0.3 is 0 Å². The van der Waals surface area contributed by atoms with E-state index in [1.807, 2.05) is 19.1 Å². The van der Waals surface area contributed by atoms with Crippen molar-refractivity contribution in [3.63, 3.8) is 0 Å². The molecule has 1 aliphatic carbocycles. The number of phenols is 1. The van der Waals surface area contributed by atoms with Crippen LogP contribution < -0.4 is 10.1 Å². The van der Waals surface area contributed by atoms with Gasteiger partial charge in [-0.3, -0.25) is 0 Å². The zero-order valence-electron chi connectivity index (χ0n) is 12.7. The number of nitrogens with one attached hydrogen (secondary N) is 1. The van der Waals surface area contributed by atoms with Crippen molar-refractivity contribution in [1.29, 1.82) is 0 Å². The van der Waals surface area contributed by atoms with Crippen LogP contribution in [-0.4, -0.2) is 17.8 Å². The van der Waals surface area contributed by atoms with Crippen molar-refractivity contribution in [2.75, 3.05) is 6.61 Å². The van der Waals surface area contributed by atoms with Crippen LogP contribution in [0.25, 0.3) is 0 Å². The number of ether oxygens (including phenoxy) is 1. The van der Waals surface area contributed by atoms with Gasteiger partial charge < -0.3 is 15.2 Å². The van der Waals surface area contributed by atoms with E-state index in [1.54, 1.807) is 6.07 Å². The van der Waals surface area contributed by atoms with Gasteiger partial charge in [0.25, 0.3) is 0 Å². The second-order valence-corrected chi connectivity index (χ2v) is 5.75. The molecule has 2 rings (SSSR count). The summed E-state index contributed by atoms with van der Waals surface area (Å²) in [7, 11) is 0. The summed E-state index contributed by atoms with van der Waals surface area (Å²) in [6.45, 7) is 5.64. The normalized spacial score (nSPS) is 22.7. The fourth-order valence-corrected chi connectivity index (χ4v) is 3.05. The molecule has 3 nitrogen and oxygen atoms in total. The molecule has 112 valence electrons. The Labute approximate surface area is 122 Å². The molecule has 1 aliphatic rings. The maximum atomic E-state index is 9.70. The quantitative estimate of drug-likeness (QED) is 0.830. The molecule has 1 aromatic carbocycles. The summed E-state index contributed by atoms with van der Waals surface area (Å²) in [5.74, 6) is 1.70. The van der Waals surface area contributed by atoms with Crippen LogP contribution in [0.4, 0.5) is 0 Å². The summed E-state index contributed by atoms with van der Waals surface area (Å²) < 4.78 is 5.43. The molecule has 0 amide bonds. The van der Waals surface area contributed by atoms with Crippen molar-refractivity contribution < 1.29 is 9.84 Å². The van der Waals surface area contributed by atoms with Gasteiger partial charge in [0.1, 0.15) is 0 Å². The number of phenolic OH excluding ortho intramolecular Hbond substituents is 1. The van der Waals surface area contributed by atoms with E-state index in [0.29, 0.717) is 18.4 Å². The number of hydrogen-bond acceptors (Lipinski definition) is 3. The van der Waals surface area contributed by atoms with Gasteiger partial charge in [0, 0.05) is 12.6 Å². The Morgan fingerprint density at radius 2 is 2.15 bits per heavy atom. The topological polar surface area (TPSA) is 41.5 Å². The van der Waals surface area contributed by atoms with E-state index in [-0.39, 0.29) is 5.75 Å². The number of hydrogen-bond donors (Lipinski definition) is 2. The molecule has 0 radical (unpaired) electrons. The minimum absolute atomic E-state index is 0.222. The number of aromatic hydroxyl groups is 1. The van der Waals surface area contributed by atoms with Crippen LogP contribution in [0.3, 0.4) is 0 Å². The van der Waals surface area contributed by atoms with Crippen molar-refractivity contribution in [2.24, 2.45) is 5.92 Å². The Morgan fingerprint density at radius 3 is 2.90 bits per heavy atom. The van der Waals surface area contributed by atoms with Crippen molar-refractivity contribution >= 4 is 0 Å². The van der Waals surface area contributed by atoms with E-state index in [9.17, 15) is 5.11 Å². The monoisotopic (exact) mass is 277 g/mol. The van der Waals surface area contributed by atoms with Crippen LogP contribution in [0.1, 0.15) is 51.5 Å².